The van der Waals surface area contributed by atoms with Crippen molar-refractivity contribution in [3.05, 3.63) is 45.6 Å². The Bertz CT molecular complexity index is 993. The fourth-order valence-electron chi connectivity index (χ4n) is 3.02. The van der Waals surface area contributed by atoms with Crippen molar-refractivity contribution < 1.29 is 17.9 Å². The molecular weight excluding hydrogens is 473 g/mol. The zero-order valence-corrected chi connectivity index (χ0v) is 20.9. The zero-order chi connectivity index (χ0) is 23.6. The standard InChI is InChI=1S/C22H31Cl2N3O4S/c1-3-5-7-8-21(28)26-32(29,30)13-11-19-15-22(31-12-6-4-2)25-27(19)16-17-9-10-18(23)14-20(17)24/h9-10,14-15H,3-8,11-13,16H2,1-2H3,(H,26,28). The second-order valence-corrected chi connectivity index (χ2v) is 10.3. The Balaban J connectivity index is 2.11. The number of nitrogens with zero attached hydrogens (tertiary/aromatic N) is 2. The lowest BCUT2D eigenvalue weighted by molar-refractivity contribution is -0.119. The van der Waals surface area contributed by atoms with Crippen LogP contribution in [0.25, 0.3) is 0 Å². The van der Waals surface area contributed by atoms with Gasteiger partial charge in [0.15, 0.2) is 0 Å². The lowest BCUT2D eigenvalue weighted by Gasteiger charge is -2.10. The average Bonchev–Trinajstić information content (AvgIpc) is 3.10. The van der Waals surface area contributed by atoms with E-state index in [1.807, 2.05) is 6.92 Å². The van der Waals surface area contributed by atoms with Crippen LogP contribution >= 0.6 is 23.2 Å². The molecule has 1 aromatic heterocycles. The first-order valence-electron chi connectivity index (χ1n) is 10.9. The normalized spacial score (nSPS) is 11.5. The lowest BCUT2D eigenvalue weighted by atomic mass is 10.2. The van der Waals surface area contributed by atoms with Gasteiger partial charge in [0.1, 0.15) is 0 Å². The van der Waals surface area contributed by atoms with Crippen LogP contribution in [0.1, 0.15) is 63.6 Å². The van der Waals surface area contributed by atoms with Gasteiger partial charge in [-0.2, -0.15) is 0 Å². The Labute approximate surface area is 200 Å². The Morgan fingerprint density at radius 1 is 1.12 bits per heavy atom. The number of carbonyl (C=O) groups excluding carboxylic acids is 1. The summed E-state index contributed by atoms with van der Waals surface area (Å²) in [6, 6.07) is 6.93. The van der Waals surface area contributed by atoms with Gasteiger partial charge in [-0.3, -0.25) is 14.2 Å². The largest absolute Gasteiger partial charge is 0.477 e. The molecule has 0 aliphatic carbocycles. The van der Waals surface area contributed by atoms with Crippen molar-refractivity contribution in [1.29, 1.82) is 0 Å². The van der Waals surface area contributed by atoms with E-state index in [-0.39, 0.29) is 18.6 Å². The highest BCUT2D eigenvalue weighted by Crippen LogP contribution is 2.23. The second kappa shape index (κ2) is 13.1. The summed E-state index contributed by atoms with van der Waals surface area (Å²) in [5.41, 5.74) is 1.47. The molecule has 1 aromatic carbocycles. The van der Waals surface area contributed by atoms with Crippen LogP contribution in [0.5, 0.6) is 5.88 Å². The van der Waals surface area contributed by atoms with E-state index < -0.39 is 15.9 Å². The predicted molar refractivity (Wildman–Crippen MR) is 128 cm³/mol. The number of unbranched alkanes of at least 4 members (excludes halogenated alkanes) is 3. The van der Waals surface area contributed by atoms with Crippen molar-refractivity contribution in [2.45, 2.75) is 65.3 Å². The first-order chi connectivity index (χ1) is 15.2. The zero-order valence-electron chi connectivity index (χ0n) is 18.6. The minimum absolute atomic E-state index is 0.174. The highest BCUT2D eigenvalue weighted by molar-refractivity contribution is 7.90. The molecule has 0 spiro atoms. The molecule has 7 nitrogen and oxygen atoms in total. The topological polar surface area (TPSA) is 90.3 Å². The van der Waals surface area contributed by atoms with Crippen molar-refractivity contribution in [3.8, 4) is 5.88 Å². The molecule has 1 amide bonds. The number of hydrogen-bond acceptors (Lipinski definition) is 5. The summed E-state index contributed by atoms with van der Waals surface area (Å²) < 4.78 is 34.3. The first kappa shape index (κ1) is 26.5. The maximum absolute atomic E-state index is 12.4. The molecule has 0 aliphatic heterocycles. The number of carbonyl (C=O) groups is 1. The molecule has 10 heteroatoms. The Morgan fingerprint density at radius 3 is 2.56 bits per heavy atom. The fraction of sp³-hybridized carbons (Fsp3) is 0.545. The van der Waals surface area contributed by atoms with E-state index in [0.717, 1.165) is 31.2 Å². The van der Waals surface area contributed by atoms with Crippen LogP contribution in [0, 0.1) is 0 Å². The van der Waals surface area contributed by atoms with Crippen LogP contribution in [0.2, 0.25) is 10.0 Å². The van der Waals surface area contributed by atoms with Crippen molar-refractivity contribution >= 4 is 39.1 Å². The van der Waals surface area contributed by atoms with E-state index in [1.54, 1.807) is 28.9 Å². The molecule has 0 saturated heterocycles. The van der Waals surface area contributed by atoms with Crippen molar-refractivity contribution in [2.24, 2.45) is 0 Å². The third-order valence-electron chi connectivity index (χ3n) is 4.83. The molecule has 178 valence electrons. The fourth-order valence-corrected chi connectivity index (χ4v) is 4.52. The van der Waals surface area contributed by atoms with Gasteiger partial charge in [-0.25, -0.2) is 8.42 Å². The highest BCUT2D eigenvalue weighted by atomic mass is 35.5. The molecule has 0 unspecified atom stereocenters. The summed E-state index contributed by atoms with van der Waals surface area (Å²) in [4.78, 5) is 11.9. The number of hydrogen-bond donors (Lipinski definition) is 1. The van der Waals surface area contributed by atoms with Crippen LogP contribution in [0.3, 0.4) is 0 Å². The molecule has 2 rings (SSSR count). The molecular formula is C22H31Cl2N3O4S. The third kappa shape index (κ3) is 9.00. The smallest absolute Gasteiger partial charge is 0.235 e. The monoisotopic (exact) mass is 503 g/mol. The van der Waals surface area contributed by atoms with Crippen LogP contribution in [-0.2, 0) is 27.8 Å². The van der Waals surface area contributed by atoms with Gasteiger partial charge in [0.25, 0.3) is 0 Å². The van der Waals surface area contributed by atoms with E-state index in [4.69, 9.17) is 27.9 Å². The average molecular weight is 504 g/mol. The van der Waals surface area contributed by atoms with E-state index in [0.29, 0.717) is 41.2 Å². The number of nitrogens with one attached hydrogen (secondary N) is 1. The van der Waals surface area contributed by atoms with Crippen molar-refractivity contribution in [2.75, 3.05) is 12.4 Å². The van der Waals surface area contributed by atoms with E-state index >= 15 is 0 Å². The Kier molecular flexibility index (Phi) is 10.8. The molecule has 1 N–H and O–H groups in total. The number of sulfonamides is 1. The van der Waals surface area contributed by atoms with Gasteiger partial charge in [-0.1, -0.05) is 62.4 Å². The number of rotatable bonds is 14. The summed E-state index contributed by atoms with van der Waals surface area (Å²) in [6.07, 6.45) is 4.78. The highest BCUT2D eigenvalue weighted by Gasteiger charge is 2.18. The van der Waals surface area contributed by atoms with E-state index in [9.17, 15) is 13.2 Å². The number of halogens is 2. The summed E-state index contributed by atoms with van der Waals surface area (Å²) >= 11 is 12.3. The molecule has 0 atom stereocenters. The van der Waals surface area contributed by atoms with Gasteiger partial charge in [-0.15, -0.1) is 5.10 Å². The predicted octanol–water partition coefficient (Wildman–Crippen LogP) is 4.99. The summed E-state index contributed by atoms with van der Waals surface area (Å²) in [5.74, 6) is -0.274. The molecule has 0 bridgehead atoms. The van der Waals surface area contributed by atoms with Crippen LogP contribution in [0.4, 0.5) is 0 Å². The first-order valence-corrected chi connectivity index (χ1v) is 13.3. The third-order valence-corrected chi connectivity index (χ3v) is 6.69. The number of amides is 1. The van der Waals surface area contributed by atoms with Crippen LogP contribution in [-0.4, -0.2) is 36.5 Å². The number of aryl methyl sites for hydroxylation is 1. The molecule has 2 aromatic rings. The summed E-state index contributed by atoms with van der Waals surface area (Å²) in [5, 5.41) is 5.50. The SMILES string of the molecule is CCCCCC(=O)NS(=O)(=O)CCc1cc(OCCCC)nn1Cc1ccc(Cl)cc1Cl. The Morgan fingerprint density at radius 2 is 1.88 bits per heavy atom. The minimum Gasteiger partial charge on any atom is -0.477 e. The molecule has 1 heterocycles. The second-order valence-electron chi connectivity index (χ2n) is 7.62. The quantitative estimate of drug-likeness (QED) is 0.366. The van der Waals surface area contributed by atoms with Crippen LogP contribution < -0.4 is 9.46 Å². The van der Waals surface area contributed by atoms with Gasteiger partial charge in [0.05, 0.1) is 18.9 Å². The molecule has 0 fully saturated rings. The molecule has 0 radical (unpaired) electrons. The molecule has 0 aliphatic rings. The Hall–Kier alpha value is -1.77. The molecule has 32 heavy (non-hydrogen) atoms. The summed E-state index contributed by atoms with van der Waals surface area (Å²) in [6.45, 7) is 4.96. The van der Waals surface area contributed by atoms with Crippen molar-refractivity contribution in [1.82, 2.24) is 14.5 Å². The number of ether oxygens (including phenoxy) is 1. The van der Waals surface area contributed by atoms with E-state index in [2.05, 4.69) is 16.7 Å². The van der Waals surface area contributed by atoms with E-state index in [1.165, 1.54) is 0 Å². The van der Waals surface area contributed by atoms with Gasteiger partial charge < -0.3 is 4.74 Å². The maximum Gasteiger partial charge on any atom is 0.235 e. The van der Waals surface area contributed by atoms with Gasteiger partial charge in [0.2, 0.25) is 21.8 Å². The number of aromatic nitrogens is 2. The number of benzene rings is 1. The minimum atomic E-state index is -3.76. The maximum atomic E-state index is 12.4. The molecule has 0 saturated carbocycles. The van der Waals surface area contributed by atoms with Crippen LogP contribution in [0.15, 0.2) is 24.3 Å². The van der Waals surface area contributed by atoms with Crippen molar-refractivity contribution in [3.63, 3.8) is 0 Å². The van der Waals surface area contributed by atoms with Gasteiger partial charge >= 0.3 is 0 Å². The summed E-state index contributed by atoms with van der Waals surface area (Å²) in [7, 11) is -3.76. The lowest BCUT2D eigenvalue weighted by Crippen LogP contribution is -2.33. The van der Waals surface area contributed by atoms with Gasteiger partial charge in [0, 0.05) is 34.6 Å². The van der Waals surface area contributed by atoms with Gasteiger partial charge in [-0.05, 0) is 30.5 Å².